The van der Waals surface area contributed by atoms with Crippen molar-refractivity contribution in [2.75, 3.05) is 29.9 Å². The number of anilines is 2. The van der Waals surface area contributed by atoms with E-state index in [1.807, 2.05) is 31.6 Å². The van der Waals surface area contributed by atoms with Gasteiger partial charge in [0.15, 0.2) is 5.82 Å². The van der Waals surface area contributed by atoms with Crippen molar-refractivity contribution < 1.29 is 13.7 Å². The predicted molar refractivity (Wildman–Crippen MR) is 133 cm³/mol. The van der Waals surface area contributed by atoms with Crippen molar-refractivity contribution in [3.63, 3.8) is 0 Å². The Morgan fingerprint density at radius 3 is 2.62 bits per heavy atom. The normalized spacial score (nSPS) is 12.8. The number of ether oxygens (including phenoxy) is 1. The second-order valence-electron chi connectivity index (χ2n) is 7.73. The van der Waals surface area contributed by atoms with Gasteiger partial charge in [-0.3, -0.25) is 9.40 Å². The van der Waals surface area contributed by atoms with Crippen LogP contribution in [0, 0.1) is 0 Å². The van der Waals surface area contributed by atoms with Crippen molar-refractivity contribution in [2.24, 2.45) is 0 Å². The molecule has 2 atom stereocenters. The van der Waals surface area contributed by atoms with Gasteiger partial charge >= 0.3 is 6.09 Å². The quantitative estimate of drug-likeness (QED) is 0.401. The Morgan fingerprint density at radius 2 is 1.94 bits per heavy atom. The van der Waals surface area contributed by atoms with Crippen LogP contribution < -0.4 is 15.4 Å². The van der Waals surface area contributed by atoms with Crippen LogP contribution >= 0.6 is 11.6 Å². The second kappa shape index (κ2) is 11.3. The van der Waals surface area contributed by atoms with Crippen molar-refractivity contribution in [1.82, 2.24) is 30.0 Å². The van der Waals surface area contributed by atoms with Gasteiger partial charge in [0.2, 0.25) is 5.95 Å². The number of nitrogens with one attached hydrogen (secondary N) is 3. The molecular weight excluding hydrogens is 480 g/mol. The van der Waals surface area contributed by atoms with Crippen molar-refractivity contribution in [2.45, 2.75) is 32.9 Å². The van der Waals surface area contributed by atoms with Crippen LogP contribution in [-0.4, -0.2) is 61.0 Å². The van der Waals surface area contributed by atoms with Crippen LogP contribution in [0.15, 0.2) is 30.7 Å². The van der Waals surface area contributed by atoms with E-state index in [9.17, 15) is 9.00 Å². The van der Waals surface area contributed by atoms with Crippen molar-refractivity contribution in [3.05, 3.63) is 35.7 Å². The molecule has 0 aromatic carbocycles. The molecule has 0 fully saturated rings. The van der Waals surface area contributed by atoms with E-state index in [0.717, 1.165) is 5.56 Å². The summed E-state index contributed by atoms with van der Waals surface area (Å²) in [5.74, 6) is 0.700. The summed E-state index contributed by atoms with van der Waals surface area (Å²) >= 11 is 6.61. The molecule has 0 bridgehead atoms. The molecule has 0 saturated carbocycles. The third kappa shape index (κ3) is 6.20. The molecule has 11 nitrogen and oxygen atoms in total. The zero-order valence-corrected chi connectivity index (χ0v) is 21.1. The minimum Gasteiger partial charge on any atom is -0.453 e. The molecule has 34 heavy (non-hydrogen) atoms. The summed E-state index contributed by atoms with van der Waals surface area (Å²) in [5.41, 5.74) is 2.62. The van der Waals surface area contributed by atoms with E-state index in [4.69, 9.17) is 16.7 Å². The van der Waals surface area contributed by atoms with Gasteiger partial charge in [0.05, 0.1) is 17.8 Å². The van der Waals surface area contributed by atoms with Crippen molar-refractivity contribution >= 4 is 40.4 Å². The molecular formula is C21H27ClN8O3S. The third-order valence-electron chi connectivity index (χ3n) is 4.69. The highest BCUT2D eigenvalue weighted by Crippen LogP contribution is 2.37. The van der Waals surface area contributed by atoms with Crippen LogP contribution in [0.4, 0.5) is 16.6 Å². The third-order valence-corrected chi connectivity index (χ3v) is 5.56. The molecule has 3 aromatic rings. The zero-order chi connectivity index (χ0) is 24.8. The van der Waals surface area contributed by atoms with E-state index in [1.165, 1.54) is 13.4 Å². The number of rotatable bonds is 9. The summed E-state index contributed by atoms with van der Waals surface area (Å²) in [5, 5.41) is 10.8. The monoisotopic (exact) mass is 506 g/mol. The maximum absolute atomic E-state index is 11.6. The predicted octanol–water partition coefficient (Wildman–Crippen LogP) is 3.50. The van der Waals surface area contributed by atoms with Gasteiger partial charge in [-0.1, -0.05) is 11.6 Å². The Balaban J connectivity index is 1.96. The molecule has 0 aliphatic rings. The fourth-order valence-corrected chi connectivity index (χ4v) is 3.76. The molecule has 3 rings (SSSR count). The maximum atomic E-state index is 11.6. The van der Waals surface area contributed by atoms with Crippen LogP contribution in [0.2, 0.25) is 5.02 Å². The second-order valence-corrected chi connectivity index (χ2v) is 9.22. The molecule has 1 unspecified atom stereocenters. The molecule has 13 heteroatoms. The fraction of sp³-hybridized carbons (Fsp3) is 0.381. The van der Waals surface area contributed by atoms with E-state index in [2.05, 4.69) is 35.0 Å². The summed E-state index contributed by atoms with van der Waals surface area (Å²) < 4.78 is 20.8. The molecule has 0 saturated heterocycles. The number of aromatic nitrogens is 5. The Labute approximate surface area is 205 Å². The highest BCUT2D eigenvalue weighted by molar-refractivity contribution is 7.85. The number of amides is 1. The van der Waals surface area contributed by atoms with E-state index in [0.29, 0.717) is 40.3 Å². The summed E-state index contributed by atoms with van der Waals surface area (Å²) in [7, 11) is -0.0223. The lowest BCUT2D eigenvalue weighted by Gasteiger charge is -2.14. The van der Waals surface area contributed by atoms with E-state index in [1.54, 1.807) is 24.5 Å². The van der Waals surface area contributed by atoms with Crippen molar-refractivity contribution in [3.8, 4) is 22.5 Å². The zero-order valence-electron chi connectivity index (χ0n) is 19.5. The summed E-state index contributed by atoms with van der Waals surface area (Å²) in [6.07, 6.45) is 6.11. The van der Waals surface area contributed by atoms with Gasteiger partial charge in [0.1, 0.15) is 16.7 Å². The van der Waals surface area contributed by atoms with Gasteiger partial charge in [-0.05, 0) is 32.9 Å². The first kappa shape index (κ1) is 25.4. The summed E-state index contributed by atoms with van der Waals surface area (Å²) in [6.45, 7) is 6.27. The molecule has 3 N–H and O–H groups in total. The number of carbonyl (C=O) groups is 1. The lowest BCUT2D eigenvalue weighted by atomic mass is 10.1. The number of pyridine rings is 1. The average Bonchev–Trinajstić information content (AvgIpc) is 3.24. The summed E-state index contributed by atoms with van der Waals surface area (Å²) in [4.78, 5) is 24.5. The maximum Gasteiger partial charge on any atom is 0.407 e. The highest BCUT2D eigenvalue weighted by Gasteiger charge is 2.20. The van der Waals surface area contributed by atoms with Crippen LogP contribution in [-0.2, 0) is 15.7 Å². The number of hydrogen-bond acceptors (Lipinski definition) is 8. The molecule has 1 amide bonds. The SMILES string of the molecule is COC(=O)N[C@@H](C)CNc1nccc(-c2cn(C(C)C)nc2-c2ccnc(NS(C)=O)c2Cl)n1. The molecule has 0 aliphatic carbocycles. The topological polar surface area (TPSA) is 136 Å². The Hall–Kier alpha value is -3.25. The molecule has 0 spiro atoms. The largest absolute Gasteiger partial charge is 0.453 e. The molecule has 0 aliphatic heterocycles. The van der Waals surface area contributed by atoms with Crippen LogP contribution in [0.25, 0.3) is 22.5 Å². The van der Waals surface area contributed by atoms with E-state index < -0.39 is 17.1 Å². The van der Waals surface area contributed by atoms with Crippen LogP contribution in [0.5, 0.6) is 0 Å². The van der Waals surface area contributed by atoms with Gasteiger partial charge in [-0.25, -0.2) is 24.0 Å². The number of halogens is 1. The van der Waals surface area contributed by atoms with Gasteiger partial charge in [-0.15, -0.1) is 0 Å². The first-order valence-corrected chi connectivity index (χ1v) is 12.4. The molecule has 3 heterocycles. The first-order chi connectivity index (χ1) is 16.2. The Morgan fingerprint density at radius 1 is 1.21 bits per heavy atom. The number of carbonyl (C=O) groups excluding carboxylic acids is 1. The smallest absolute Gasteiger partial charge is 0.407 e. The van der Waals surface area contributed by atoms with Crippen molar-refractivity contribution in [1.29, 1.82) is 0 Å². The lowest BCUT2D eigenvalue weighted by Crippen LogP contribution is -2.37. The number of hydrogen-bond donors (Lipinski definition) is 3. The van der Waals surface area contributed by atoms with Crippen LogP contribution in [0.3, 0.4) is 0 Å². The van der Waals surface area contributed by atoms with Gasteiger partial charge in [0, 0.05) is 54.6 Å². The number of nitrogens with zero attached hydrogens (tertiary/aromatic N) is 5. The van der Waals surface area contributed by atoms with E-state index >= 15 is 0 Å². The van der Waals surface area contributed by atoms with Gasteiger partial charge in [-0.2, -0.15) is 5.10 Å². The standard InChI is InChI=1S/C21H27ClN8O3S/c1-12(2)30-11-15(18(28-30)14-6-8-23-19(17(14)22)29-34(5)32)16-7-9-24-20(27-16)25-10-13(3)26-21(31)33-4/h6-9,11-13H,10H2,1-5H3,(H,23,29)(H,26,31)(H,24,25,27)/t13-,34?/m0/s1. The summed E-state index contributed by atoms with van der Waals surface area (Å²) in [6, 6.07) is 3.42. The fourth-order valence-electron chi connectivity index (χ4n) is 3.03. The minimum atomic E-state index is -1.33. The van der Waals surface area contributed by atoms with E-state index in [-0.39, 0.29) is 12.1 Å². The minimum absolute atomic E-state index is 0.0959. The molecule has 0 radical (unpaired) electrons. The average molecular weight is 507 g/mol. The Bertz CT molecular complexity index is 1190. The molecule has 182 valence electrons. The number of methoxy groups -OCH3 is 1. The highest BCUT2D eigenvalue weighted by atomic mass is 35.5. The van der Waals surface area contributed by atoms with Gasteiger partial charge < -0.3 is 15.4 Å². The molecule has 3 aromatic heterocycles. The Kier molecular flexibility index (Phi) is 8.40. The first-order valence-electron chi connectivity index (χ1n) is 10.5. The lowest BCUT2D eigenvalue weighted by molar-refractivity contribution is 0.168. The number of alkyl carbamates (subject to hydrolysis) is 1. The van der Waals surface area contributed by atoms with Gasteiger partial charge in [0.25, 0.3) is 0 Å². The van der Waals surface area contributed by atoms with Crippen LogP contribution in [0.1, 0.15) is 26.8 Å².